The maximum Gasteiger partial charge on any atom is 0.227 e. The monoisotopic (exact) mass is 243 g/mol. The summed E-state index contributed by atoms with van der Waals surface area (Å²) >= 11 is 0. The molecule has 1 aliphatic carbocycles. The number of aromatic nitrogens is 2. The maximum atomic E-state index is 13.1. The van der Waals surface area contributed by atoms with Crippen LogP contribution in [0.1, 0.15) is 30.1 Å². The van der Waals surface area contributed by atoms with Gasteiger partial charge in [0.15, 0.2) is 0 Å². The molecule has 1 saturated carbocycles. The first kappa shape index (κ1) is 11.1. The highest BCUT2D eigenvalue weighted by Gasteiger charge is 2.25. The van der Waals surface area contributed by atoms with Crippen LogP contribution in [0.2, 0.25) is 0 Å². The van der Waals surface area contributed by atoms with Gasteiger partial charge in [0, 0.05) is 23.0 Å². The van der Waals surface area contributed by atoms with Crippen molar-refractivity contribution in [1.82, 2.24) is 9.97 Å². The molecule has 18 heavy (non-hydrogen) atoms. The second kappa shape index (κ2) is 4.37. The lowest BCUT2D eigenvalue weighted by molar-refractivity contribution is 0.628. The van der Waals surface area contributed by atoms with Crippen molar-refractivity contribution in [3.63, 3.8) is 0 Å². The fourth-order valence-electron chi connectivity index (χ4n) is 1.93. The van der Waals surface area contributed by atoms with E-state index in [0.29, 0.717) is 17.6 Å². The molecule has 3 nitrogen and oxygen atoms in total. The van der Waals surface area contributed by atoms with Gasteiger partial charge in [-0.25, -0.2) is 14.4 Å². The van der Waals surface area contributed by atoms with E-state index >= 15 is 0 Å². The standard InChI is InChI=1S/C14H14FN3/c1-9-7-13(10-5-6-10)18-14(16-9)17-12-4-2-3-11(15)8-12/h2-4,7-8,10H,5-6H2,1H3,(H,16,17,18). The number of hydrogen-bond donors (Lipinski definition) is 1. The topological polar surface area (TPSA) is 37.8 Å². The third-order valence-corrected chi connectivity index (χ3v) is 2.95. The highest BCUT2D eigenvalue weighted by Crippen LogP contribution is 2.39. The number of nitrogens with one attached hydrogen (secondary N) is 1. The van der Waals surface area contributed by atoms with Crippen LogP contribution < -0.4 is 5.32 Å². The Balaban J connectivity index is 1.87. The van der Waals surface area contributed by atoms with E-state index < -0.39 is 0 Å². The largest absolute Gasteiger partial charge is 0.324 e. The molecular weight excluding hydrogens is 229 g/mol. The third kappa shape index (κ3) is 2.47. The minimum atomic E-state index is -0.268. The summed E-state index contributed by atoms with van der Waals surface area (Å²) in [6.07, 6.45) is 2.41. The minimum absolute atomic E-state index is 0.268. The molecule has 92 valence electrons. The van der Waals surface area contributed by atoms with Gasteiger partial charge in [-0.15, -0.1) is 0 Å². The van der Waals surface area contributed by atoms with Gasteiger partial charge >= 0.3 is 0 Å². The zero-order valence-corrected chi connectivity index (χ0v) is 10.2. The van der Waals surface area contributed by atoms with Crippen LogP contribution >= 0.6 is 0 Å². The summed E-state index contributed by atoms with van der Waals surface area (Å²) in [6, 6.07) is 8.33. The molecule has 0 atom stereocenters. The summed E-state index contributed by atoms with van der Waals surface area (Å²) in [6.45, 7) is 1.95. The molecule has 3 rings (SSSR count). The lowest BCUT2D eigenvalue weighted by Gasteiger charge is -2.07. The van der Waals surface area contributed by atoms with Crippen LogP contribution in [0.4, 0.5) is 16.0 Å². The van der Waals surface area contributed by atoms with Crippen LogP contribution in [0.25, 0.3) is 0 Å². The molecule has 0 bridgehead atoms. The van der Waals surface area contributed by atoms with Gasteiger partial charge in [-0.05, 0) is 44.0 Å². The van der Waals surface area contributed by atoms with Crippen molar-refractivity contribution in [2.24, 2.45) is 0 Å². The Kier molecular flexibility index (Phi) is 2.70. The number of halogens is 1. The lowest BCUT2D eigenvalue weighted by Crippen LogP contribution is -2.01. The second-order valence-corrected chi connectivity index (χ2v) is 4.67. The van der Waals surface area contributed by atoms with Gasteiger partial charge < -0.3 is 5.32 Å². The van der Waals surface area contributed by atoms with Crippen LogP contribution in [0.15, 0.2) is 30.3 Å². The number of aryl methyl sites for hydroxylation is 1. The normalized spacial score (nSPS) is 14.6. The molecule has 0 spiro atoms. The summed E-state index contributed by atoms with van der Waals surface area (Å²) in [5.41, 5.74) is 2.69. The Morgan fingerprint density at radius 3 is 2.78 bits per heavy atom. The summed E-state index contributed by atoms with van der Waals surface area (Å²) in [5.74, 6) is 0.859. The molecule has 0 radical (unpaired) electrons. The average Bonchev–Trinajstić information content (AvgIpc) is 3.11. The van der Waals surface area contributed by atoms with Crippen LogP contribution in [0.3, 0.4) is 0 Å². The zero-order valence-electron chi connectivity index (χ0n) is 10.2. The highest BCUT2D eigenvalue weighted by atomic mass is 19.1. The van der Waals surface area contributed by atoms with Crippen molar-refractivity contribution < 1.29 is 4.39 Å². The van der Waals surface area contributed by atoms with Crippen molar-refractivity contribution in [2.75, 3.05) is 5.32 Å². The predicted octanol–water partition coefficient (Wildman–Crippen LogP) is 3.55. The van der Waals surface area contributed by atoms with Crippen LogP contribution in [-0.4, -0.2) is 9.97 Å². The molecule has 1 aromatic heterocycles. The Bertz CT molecular complexity index is 579. The summed E-state index contributed by atoms with van der Waals surface area (Å²) in [4.78, 5) is 8.80. The number of anilines is 2. The number of nitrogens with zero attached hydrogens (tertiary/aromatic N) is 2. The molecule has 2 aromatic rings. The van der Waals surface area contributed by atoms with E-state index in [4.69, 9.17) is 0 Å². The smallest absolute Gasteiger partial charge is 0.227 e. The molecule has 0 unspecified atom stereocenters. The van der Waals surface area contributed by atoms with E-state index in [9.17, 15) is 4.39 Å². The first-order chi connectivity index (χ1) is 8.70. The highest BCUT2D eigenvalue weighted by molar-refractivity contribution is 5.53. The molecule has 0 saturated heterocycles. The van der Waals surface area contributed by atoms with Crippen LogP contribution in [0, 0.1) is 12.7 Å². The number of benzene rings is 1. The molecule has 1 fully saturated rings. The van der Waals surface area contributed by atoms with Gasteiger partial charge in [-0.3, -0.25) is 0 Å². The fourth-order valence-corrected chi connectivity index (χ4v) is 1.93. The Morgan fingerprint density at radius 2 is 2.06 bits per heavy atom. The van der Waals surface area contributed by atoms with E-state index in [1.807, 2.05) is 13.0 Å². The minimum Gasteiger partial charge on any atom is -0.324 e. The van der Waals surface area contributed by atoms with Gasteiger partial charge in [0.05, 0.1) is 0 Å². The quantitative estimate of drug-likeness (QED) is 0.895. The Morgan fingerprint density at radius 1 is 1.22 bits per heavy atom. The molecule has 1 heterocycles. The maximum absolute atomic E-state index is 13.1. The van der Waals surface area contributed by atoms with E-state index in [2.05, 4.69) is 15.3 Å². The molecular formula is C14H14FN3. The summed E-state index contributed by atoms with van der Waals surface area (Å²) in [5, 5.41) is 3.05. The second-order valence-electron chi connectivity index (χ2n) is 4.67. The van der Waals surface area contributed by atoms with Crippen molar-refractivity contribution in [2.45, 2.75) is 25.7 Å². The Labute approximate surface area is 105 Å². The number of hydrogen-bond acceptors (Lipinski definition) is 3. The van der Waals surface area contributed by atoms with Gasteiger partial charge in [0.25, 0.3) is 0 Å². The first-order valence-corrected chi connectivity index (χ1v) is 6.09. The average molecular weight is 243 g/mol. The van der Waals surface area contributed by atoms with E-state index in [1.165, 1.54) is 25.0 Å². The van der Waals surface area contributed by atoms with Crippen molar-refractivity contribution in [1.29, 1.82) is 0 Å². The first-order valence-electron chi connectivity index (χ1n) is 6.09. The predicted molar refractivity (Wildman–Crippen MR) is 68.4 cm³/mol. The SMILES string of the molecule is Cc1cc(C2CC2)nc(Nc2cccc(F)c2)n1. The lowest BCUT2D eigenvalue weighted by atomic mass is 10.2. The van der Waals surface area contributed by atoms with Crippen LogP contribution in [0.5, 0.6) is 0 Å². The number of rotatable bonds is 3. The molecule has 0 amide bonds. The van der Waals surface area contributed by atoms with E-state index in [0.717, 1.165) is 11.4 Å². The molecule has 1 aromatic carbocycles. The summed E-state index contributed by atoms with van der Waals surface area (Å²) < 4.78 is 13.1. The fraction of sp³-hybridized carbons (Fsp3) is 0.286. The van der Waals surface area contributed by atoms with Crippen LogP contribution in [-0.2, 0) is 0 Å². The zero-order chi connectivity index (χ0) is 12.5. The van der Waals surface area contributed by atoms with E-state index in [1.54, 1.807) is 12.1 Å². The van der Waals surface area contributed by atoms with Gasteiger partial charge in [0.2, 0.25) is 5.95 Å². The van der Waals surface area contributed by atoms with Gasteiger partial charge in [-0.1, -0.05) is 6.07 Å². The van der Waals surface area contributed by atoms with Crippen molar-refractivity contribution >= 4 is 11.6 Å². The third-order valence-electron chi connectivity index (χ3n) is 2.95. The molecule has 1 aliphatic rings. The molecule has 0 aliphatic heterocycles. The van der Waals surface area contributed by atoms with Gasteiger partial charge in [0.1, 0.15) is 5.82 Å². The summed E-state index contributed by atoms with van der Waals surface area (Å²) in [7, 11) is 0. The molecule has 4 heteroatoms. The van der Waals surface area contributed by atoms with E-state index in [-0.39, 0.29) is 5.82 Å². The van der Waals surface area contributed by atoms with Crippen molar-refractivity contribution in [3.05, 3.63) is 47.5 Å². The van der Waals surface area contributed by atoms with Crippen molar-refractivity contribution in [3.8, 4) is 0 Å². The molecule has 1 N–H and O–H groups in total. The Hall–Kier alpha value is -1.97. The van der Waals surface area contributed by atoms with Gasteiger partial charge in [-0.2, -0.15) is 0 Å².